The van der Waals surface area contributed by atoms with Crippen molar-refractivity contribution in [2.24, 2.45) is 5.73 Å². The van der Waals surface area contributed by atoms with Crippen molar-refractivity contribution in [2.45, 2.75) is 25.4 Å². The smallest absolute Gasteiger partial charge is 0.269 e. The first-order chi connectivity index (χ1) is 8.15. The normalized spacial score (nSPS) is 20.2. The van der Waals surface area contributed by atoms with E-state index in [4.69, 9.17) is 5.73 Å². The van der Waals surface area contributed by atoms with Crippen molar-refractivity contribution in [3.8, 4) is 0 Å². The lowest BCUT2D eigenvalue weighted by atomic mass is 10.1. The highest BCUT2D eigenvalue weighted by Crippen LogP contribution is 2.16. The van der Waals surface area contributed by atoms with Crippen molar-refractivity contribution in [1.82, 2.24) is 4.90 Å². The van der Waals surface area contributed by atoms with Gasteiger partial charge in [-0.25, -0.2) is 0 Å². The molecule has 0 bridgehead atoms. The highest BCUT2D eigenvalue weighted by molar-refractivity contribution is 5.85. The van der Waals surface area contributed by atoms with Crippen LogP contribution in [0, 0.1) is 10.1 Å². The number of nitrogens with zero attached hydrogens (tertiary/aromatic N) is 2. The fourth-order valence-corrected chi connectivity index (χ4v) is 2.22. The fraction of sp³-hybridized carbons (Fsp3) is 0.500. The van der Waals surface area contributed by atoms with E-state index < -0.39 is 0 Å². The van der Waals surface area contributed by atoms with Gasteiger partial charge in [-0.2, -0.15) is 0 Å². The van der Waals surface area contributed by atoms with Gasteiger partial charge in [-0.15, -0.1) is 12.4 Å². The van der Waals surface area contributed by atoms with Crippen molar-refractivity contribution in [2.75, 3.05) is 13.1 Å². The summed E-state index contributed by atoms with van der Waals surface area (Å²) in [6.45, 7) is 2.80. The summed E-state index contributed by atoms with van der Waals surface area (Å²) in [5.41, 5.74) is 7.16. The topological polar surface area (TPSA) is 72.4 Å². The summed E-state index contributed by atoms with van der Waals surface area (Å²) in [6.07, 6.45) is 2.23. The number of nitro benzene ring substituents is 1. The monoisotopic (exact) mass is 271 g/mol. The molecule has 6 heteroatoms. The Morgan fingerprint density at radius 2 is 2.06 bits per heavy atom. The average molecular weight is 272 g/mol. The van der Waals surface area contributed by atoms with Gasteiger partial charge in [-0.3, -0.25) is 15.0 Å². The van der Waals surface area contributed by atoms with Crippen molar-refractivity contribution < 1.29 is 4.92 Å². The summed E-state index contributed by atoms with van der Waals surface area (Å²) < 4.78 is 0. The Bertz CT molecular complexity index is 397. The number of halogens is 1. The zero-order valence-electron chi connectivity index (χ0n) is 10.1. The first-order valence-corrected chi connectivity index (χ1v) is 5.86. The van der Waals surface area contributed by atoms with Crippen LogP contribution in [0.1, 0.15) is 18.4 Å². The molecule has 1 atom stereocenters. The molecule has 0 spiro atoms. The molecule has 2 N–H and O–H groups in total. The molecule has 1 aromatic carbocycles. The molecule has 0 amide bonds. The van der Waals surface area contributed by atoms with Crippen LogP contribution in [0.3, 0.4) is 0 Å². The summed E-state index contributed by atoms with van der Waals surface area (Å²) in [4.78, 5) is 12.5. The van der Waals surface area contributed by atoms with E-state index >= 15 is 0 Å². The molecule has 1 aliphatic rings. The molecule has 2 rings (SSSR count). The fourth-order valence-electron chi connectivity index (χ4n) is 2.22. The van der Waals surface area contributed by atoms with Gasteiger partial charge < -0.3 is 5.73 Å². The van der Waals surface area contributed by atoms with Gasteiger partial charge in [-0.1, -0.05) is 12.1 Å². The van der Waals surface area contributed by atoms with E-state index in [1.165, 1.54) is 0 Å². The second-order valence-electron chi connectivity index (χ2n) is 4.56. The lowest BCUT2D eigenvalue weighted by Gasteiger charge is -2.30. The second-order valence-corrected chi connectivity index (χ2v) is 4.56. The number of rotatable bonds is 3. The first kappa shape index (κ1) is 14.9. The molecule has 0 aromatic heterocycles. The molecular weight excluding hydrogens is 254 g/mol. The van der Waals surface area contributed by atoms with Crippen LogP contribution in [0.25, 0.3) is 0 Å². The highest BCUT2D eigenvalue weighted by atomic mass is 35.5. The molecule has 0 aliphatic carbocycles. The predicted molar refractivity (Wildman–Crippen MR) is 72.8 cm³/mol. The minimum absolute atomic E-state index is 0. The van der Waals surface area contributed by atoms with Crippen LogP contribution in [0.4, 0.5) is 5.69 Å². The minimum Gasteiger partial charge on any atom is -0.327 e. The number of likely N-dealkylation sites (tertiary alicyclic amines) is 1. The van der Waals surface area contributed by atoms with E-state index in [0.29, 0.717) is 0 Å². The summed E-state index contributed by atoms with van der Waals surface area (Å²) in [6, 6.07) is 7.01. The van der Waals surface area contributed by atoms with Gasteiger partial charge in [0.2, 0.25) is 0 Å². The van der Waals surface area contributed by atoms with Crippen LogP contribution in [0.5, 0.6) is 0 Å². The molecule has 1 heterocycles. The Morgan fingerprint density at radius 3 is 2.61 bits per heavy atom. The van der Waals surface area contributed by atoms with Gasteiger partial charge in [0.15, 0.2) is 0 Å². The van der Waals surface area contributed by atoms with E-state index in [2.05, 4.69) is 4.90 Å². The van der Waals surface area contributed by atoms with E-state index in [0.717, 1.165) is 38.0 Å². The zero-order chi connectivity index (χ0) is 12.3. The molecule has 5 nitrogen and oxygen atoms in total. The largest absolute Gasteiger partial charge is 0.327 e. The van der Waals surface area contributed by atoms with Gasteiger partial charge in [0.05, 0.1) is 4.92 Å². The second kappa shape index (κ2) is 6.68. The van der Waals surface area contributed by atoms with Gasteiger partial charge in [0.1, 0.15) is 0 Å². The molecule has 0 saturated carbocycles. The van der Waals surface area contributed by atoms with Gasteiger partial charge >= 0.3 is 0 Å². The van der Waals surface area contributed by atoms with Crippen LogP contribution in [0.15, 0.2) is 24.3 Å². The van der Waals surface area contributed by atoms with Crippen LogP contribution >= 0.6 is 12.4 Å². The molecule has 100 valence electrons. The Hall–Kier alpha value is -1.17. The summed E-state index contributed by atoms with van der Waals surface area (Å²) in [5, 5.41) is 10.5. The Morgan fingerprint density at radius 1 is 1.39 bits per heavy atom. The molecule has 0 radical (unpaired) electrons. The summed E-state index contributed by atoms with van der Waals surface area (Å²) in [5.74, 6) is 0. The molecule has 18 heavy (non-hydrogen) atoms. The maximum Gasteiger partial charge on any atom is 0.269 e. The standard InChI is InChI=1S/C12H17N3O2.ClH/c13-11-2-1-7-14(9-11)8-10-3-5-12(6-4-10)15(16)17;/h3-6,11H,1-2,7-9,13H2;1H. The highest BCUT2D eigenvalue weighted by Gasteiger charge is 2.16. The number of non-ortho nitro benzene ring substituents is 1. The quantitative estimate of drug-likeness (QED) is 0.674. The number of hydrogen-bond acceptors (Lipinski definition) is 4. The third-order valence-electron chi connectivity index (χ3n) is 3.10. The number of nitrogens with two attached hydrogens (primary N) is 1. The van der Waals surface area contributed by atoms with Crippen LogP contribution in [0.2, 0.25) is 0 Å². The Labute approximate surface area is 113 Å². The molecule has 1 aliphatic heterocycles. The predicted octanol–water partition coefficient (Wildman–Crippen LogP) is 1.94. The Kier molecular flexibility index (Phi) is 5.53. The van der Waals surface area contributed by atoms with E-state index in [9.17, 15) is 10.1 Å². The summed E-state index contributed by atoms with van der Waals surface area (Å²) in [7, 11) is 0. The van der Waals surface area contributed by atoms with Gasteiger partial charge in [-0.05, 0) is 24.9 Å². The maximum absolute atomic E-state index is 10.5. The molecular formula is C12H18ClN3O2. The van der Waals surface area contributed by atoms with Crippen LogP contribution in [-0.4, -0.2) is 29.0 Å². The SMILES string of the molecule is Cl.NC1CCCN(Cc2ccc([N+](=O)[O-])cc2)C1. The Balaban J connectivity index is 0.00000162. The number of nitro groups is 1. The van der Waals surface area contributed by atoms with Gasteiger partial charge in [0, 0.05) is 31.3 Å². The molecule has 1 fully saturated rings. The number of piperidine rings is 1. The number of hydrogen-bond donors (Lipinski definition) is 1. The number of benzene rings is 1. The average Bonchev–Trinajstić information content (AvgIpc) is 2.29. The third-order valence-corrected chi connectivity index (χ3v) is 3.10. The van der Waals surface area contributed by atoms with Crippen molar-refractivity contribution in [3.63, 3.8) is 0 Å². The van der Waals surface area contributed by atoms with Crippen molar-refractivity contribution in [1.29, 1.82) is 0 Å². The summed E-state index contributed by atoms with van der Waals surface area (Å²) >= 11 is 0. The maximum atomic E-state index is 10.5. The van der Waals surface area contributed by atoms with Crippen LogP contribution in [-0.2, 0) is 6.54 Å². The van der Waals surface area contributed by atoms with E-state index in [1.54, 1.807) is 12.1 Å². The minimum atomic E-state index is -0.374. The van der Waals surface area contributed by atoms with Crippen LogP contribution < -0.4 is 5.73 Å². The lowest BCUT2D eigenvalue weighted by Crippen LogP contribution is -2.42. The molecule has 1 unspecified atom stereocenters. The van der Waals surface area contributed by atoms with E-state index in [1.807, 2.05) is 12.1 Å². The van der Waals surface area contributed by atoms with Crippen molar-refractivity contribution in [3.05, 3.63) is 39.9 Å². The zero-order valence-corrected chi connectivity index (χ0v) is 10.9. The van der Waals surface area contributed by atoms with Gasteiger partial charge in [0.25, 0.3) is 5.69 Å². The third kappa shape index (κ3) is 3.94. The molecule has 1 aromatic rings. The first-order valence-electron chi connectivity index (χ1n) is 5.86. The molecule has 1 saturated heterocycles. The van der Waals surface area contributed by atoms with Crippen molar-refractivity contribution >= 4 is 18.1 Å². The van der Waals surface area contributed by atoms with E-state index in [-0.39, 0.29) is 29.1 Å². The lowest BCUT2D eigenvalue weighted by molar-refractivity contribution is -0.384.